The van der Waals surface area contributed by atoms with E-state index in [1.165, 1.54) is 0 Å². The molecule has 0 bridgehead atoms. The minimum atomic E-state index is 0.391. The first-order valence-electron chi connectivity index (χ1n) is 6.44. The van der Waals surface area contributed by atoms with Crippen molar-refractivity contribution in [3.05, 3.63) is 29.6 Å². The Labute approximate surface area is 131 Å². The summed E-state index contributed by atoms with van der Waals surface area (Å²) >= 11 is 1.55. The number of rotatable bonds is 5. The molecule has 0 saturated carbocycles. The normalized spacial score (nSPS) is 10.5. The lowest BCUT2D eigenvalue weighted by Crippen LogP contribution is -1.95. The van der Waals surface area contributed by atoms with Gasteiger partial charge in [-0.3, -0.25) is 0 Å². The van der Waals surface area contributed by atoms with Crippen LogP contribution in [0.15, 0.2) is 34.2 Å². The van der Waals surface area contributed by atoms with Crippen LogP contribution in [0.5, 0.6) is 17.2 Å². The Kier molecular flexibility index (Phi) is 3.97. The highest BCUT2D eigenvalue weighted by molar-refractivity contribution is 7.13. The molecule has 22 heavy (non-hydrogen) atoms. The lowest BCUT2D eigenvalue weighted by atomic mass is 10.2. The number of nitrogens with zero attached hydrogens (tertiary/aromatic N) is 2. The van der Waals surface area contributed by atoms with E-state index in [9.17, 15) is 0 Å². The molecule has 6 nitrogen and oxygen atoms in total. The van der Waals surface area contributed by atoms with E-state index in [4.69, 9.17) is 18.7 Å². The highest BCUT2D eigenvalue weighted by Gasteiger charge is 2.18. The first kappa shape index (κ1) is 14.4. The van der Waals surface area contributed by atoms with E-state index in [0.717, 1.165) is 4.88 Å². The molecular weight excluding hydrogens is 304 g/mol. The van der Waals surface area contributed by atoms with Gasteiger partial charge in [-0.2, -0.15) is 4.98 Å². The maximum absolute atomic E-state index is 5.34. The van der Waals surface area contributed by atoms with Crippen molar-refractivity contribution in [1.82, 2.24) is 10.1 Å². The minimum Gasteiger partial charge on any atom is -0.493 e. The van der Waals surface area contributed by atoms with E-state index in [0.29, 0.717) is 34.5 Å². The molecule has 0 unspecified atom stereocenters. The molecule has 2 aromatic heterocycles. The quantitative estimate of drug-likeness (QED) is 0.717. The molecule has 3 aromatic rings. The van der Waals surface area contributed by atoms with Gasteiger partial charge in [0.25, 0.3) is 5.89 Å². The third-order valence-corrected chi connectivity index (χ3v) is 3.95. The molecule has 0 aliphatic rings. The number of ether oxygens (including phenoxy) is 3. The van der Waals surface area contributed by atoms with Crippen LogP contribution in [0.3, 0.4) is 0 Å². The highest BCUT2D eigenvalue weighted by Crippen LogP contribution is 2.41. The molecule has 0 amide bonds. The van der Waals surface area contributed by atoms with Gasteiger partial charge < -0.3 is 18.7 Å². The molecular formula is C15H14N2O4S. The van der Waals surface area contributed by atoms with Crippen molar-refractivity contribution >= 4 is 11.3 Å². The van der Waals surface area contributed by atoms with Crippen LogP contribution in [-0.4, -0.2) is 31.5 Å². The number of thiophene rings is 1. The van der Waals surface area contributed by atoms with Crippen molar-refractivity contribution in [2.24, 2.45) is 0 Å². The van der Waals surface area contributed by atoms with E-state index >= 15 is 0 Å². The van der Waals surface area contributed by atoms with E-state index in [-0.39, 0.29) is 0 Å². The molecule has 0 aliphatic heterocycles. The average molecular weight is 318 g/mol. The van der Waals surface area contributed by atoms with Gasteiger partial charge in [0.05, 0.1) is 26.2 Å². The Morgan fingerprint density at radius 1 is 1.05 bits per heavy atom. The molecule has 0 aliphatic carbocycles. The molecule has 0 atom stereocenters. The van der Waals surface area contributed by atoms with E-state index in [1.807, 2.05) is 17.5 Å². The van der Waals surface area contributed by atoms with Crippen LogP contribution in [0.1, 0.15) is 0 Å². The number of methoxy groups -OCH3 is 3. The Balaban J connectivity index is 2.05. The summed E-state index contributed by atoms with van der Waals surface area (Å²) in [7, 11) is 4.68. The van der Waals surface area contributed by atoms with Gasteiger partial charge in [-0.15, -0.1) is 11.3 Å². The zero-order valence-electron chi connectivity index (χ0n) is 12.3. The van der Waals surface area contributed by atoms with Crippen molar-refractivity contribution in [2.45, 2.75) is 0 Å². The van der Waals surface area contributed by atoms with E-state index in [1.54, 1.807) is 44.8 Å². The maximum Gasteiger partial charge on any atom is 0.258 e. The van der Waals surface area contributed by atoms with Crippen molar-refractivity contribution in [2.75, 3.05) is 21.3 Å². The standard InChI is InChI=1S/C15H14N2O4S/c1-18-10-7-9(8-11(19-2)13(10)20-3)15-16-14(17-21-15)12-5-4-6-22-12/h4-8H,1-3H3. The third kappa shape index (κ3) is 2.50. The molecule has 0 fully saturated rings. The Bertz CT molecular complexity index is 743. The molecule has 2 heterocycles. The van der Waals surface area contributed by atoms with Crippen LogP contribution in [-0.2, 0) is 0 Å². The number of hydrogen-bond acceptors (Lipinski definition) is 7. The third-order valence-electron chi connectivity index (χ3n) is 3.08. The Morgan fingerprint density at radius 3 is 2.32 bits per heavy atom. The second kappa shape index (κ2) is 6.07. The molecule has 0 radical (unpaired) electrons. The fourth-order valence-corrected chi connectivity index (χ4v) is 2.70. The molecule has 114 valence electrons. The van der Waals surface area contributed by atoms with Gasteiger partial charge in [-0.1, -0.05) is 11.2 Å². The average Bonchev–Trinajstić information content (AvgIpc) is 3.23. The SMILES string of the molecule is COc1cc(-c2nc(-c3cccs3)no2)cc(OC)c1OC. The Morgan fingerprint density at radius 2 is 1.77 bits per heavy atom. The summed E-state index contributed by atoms with van der Waals surface area (Å²) in [5.74, 6) is 2.54. The second-order valence-corrected chi connectivity index (χ2v) is 5.26. The van der Waals surface area contributed by atoms with Gasteiger partial charge >= 0.3 is 0 Å². The lowest BCUT2D eigenvalue weighted by molar-refractivity contribution is 0.324. The number of benzene rings is 1. The first-order valence-corrected chi connectivity index (χ1v) is 7.32. The molecule has 0 spiro atoms. The topological polar surface area (TPSA) is 66.6 Å². The van der Waals surface area contributed by atoms with Crippen molar-refractivity contribution in [1.29, 1.82) is 0 Å². The molecule has 0 saturated heterocycles. The van der Waals surface area contributed by atoms with Gasteiger partial charge in [0, 0.05) is 5.56 Å². The van der Waals surface area contributed by atoms with Crippen LogP contribution in [0.4, 0.5) is 0 Å². The summed E-state index contributed by atoms with van der Waals surface area (Å²) in [5, 5.41) is 5.96. The van der Waals surface area contributed by atoms with Gasteiger partial charge in [0.2, 0.25) is 11.6 Å². The Hall–Kier alpha value is -2.54. The predicted molar refractivity (Wildman–Crippen MR) is 82.7 cm³/mol. The van der Waals surface area contributed by atoms with Crippen molar-refractivity contribution < 1.29 is 18.7 Å². The molecule has 0 N–H and O–H groups in total. The smallest absolute Gasteiger partial charge is 0.258 e. The minimum absolute atomic E-state index is 0.391. The van der Waals surface area contributed by atoms with E-state index < -0.39 is 0 Å². The van der Waals surface area contributed by atoms with Gasteiger partial charge in [0.15, 0.2) is 11.5 Å². The number of aromatic nitrogens is 2. The summed E-state index contributed by atoms with van der Waals surface area (Å²) in [6.45, 7) is 0. The maximum atomic E-state index is 5.34. The number of hydrogen-bond donors (Lipinski definition) is 0. The predicted octanol–water partition coefficient (Wildman–Crippen LogP) is 3.49. The molecule has 1 aromatic carbocycles. The van der Waals surface area contributed by atoms with Gasteiger partial charge in [0.1, 0.15) is 0 Å². The largest absolute Gasteiger partial charge is 0.493 e. The molecule has 3 rings (SSSR count). The van der Waals surface area contributed by atoms with Crippen LogP contribution in [0.25, 0.3) is 22.2 Å². The monoisotopic (exact) mass is 318 g/mol. The zero-order chi connectivity index (χ0) is 15.5. The summed E-state index contributed by atoms with van der Waals surface area (Å²) < 4.78 is 21.3. The van der Waals surface area contributed by atoms with Crippen LogP contribution >= 0.6 is 11.3 Å². The van der Waals surface area contributed by atoms with Crippen LogP contribution in [0, 0.1) is 0 Å². The van der Waals surface area contributed by atoms with E-state index in [2.05, 4.69) is 10.1 Å². The highest BCUT2D eigenvalue weighted by atomic mass is 32.1. The van der Waals surface area contributed by atoms with Crippen molar-refractivity contribution in [3.8, 4) is 39.4 Å². The second-order valence-electron chi connectivity index (χ2n) is 4.31. The zero-order valence-corrected chi connectivity index (χ0v) is 13.1. The lowest BCUT2D eigenvalue weighted by Gasteiger charge is -2.12. The van der Waals surface area contributed by atoms with Gasteiger partial charge in [-0.05, 0) is 23.6 Å². The molecule has 7 heteroatoms. The van der Waals surface area contributed by atoms with Crippen molar-refractivity contribution in [3.63, 3.8) is 0 Å². The summed E-state index contributed by atoms with van der Waals surface area (Å²) in [5.41, 5.74) is 0.699. The van der Waals surface area contributed by atoms with Crippen LogP contribution in [0.2, 0.25) is 0 Å². The summed E-state index contributed by atoms with van der Waals surface area (Å²) in [6.07, 6.45) is 0. The first-order chi connectivity index (χ1) is 10.8. The summed E-state index contributed by atoms with van der Waals surface area (Å²) in [4.78, 5) is 5.36. The van der Waals surface area contributed by atoms with Crippen LogP contribution < -0.4 is 14.2 Å². The fraction of sp³-hybridized carbons (Fsp3) is 0.200. The van der Waals surface area contributed by atoms with Gasteiger partial charge in [-0.25, -0.2) is 0 Å². The summed E-state index contributed by atoms with van der Waals surface area (Å²) in [6, 6.07) is 7.42. The fourth-order valence-electron chi connectivity index (χ4n) is 2.05.